The van der Waals surface area contributed by atoms with Crippen molar-refractivity contribution >= 4 is 50.6 Å². The molecular formula is C42H38N2. The maximum atomic E-state index is 4.25. The summed E-state index contributed by atoms with van der Waals surface area (Å²) in [6.45, 7) is 17.2. The van der Waals surface area contributed by atoms with Crippen LogP contribution in [0.4, 0.5) is 0 Å². The van der Waals surface area contributed by atoms with Gasteiger partial charge in [0.2, 0.25) is 0 Å². The van der Waals surface area contributed by atoms with Crippen molar-refractivity contribution < 1.29 is 0 Å². The van der Waals surface area contributed by atoms with Crippen LogP contribution in [0.25, 0.3) is 67.4 Å². The lowest BCUT2D eigenvalue weighted by molar-refractivity contribution is 0.619. The number of nitrogens with zero attached hydrogens (tertiary/aromatic N) is 2. The van der Waals surface area contributed by atoms with Crippen LogP contribution in [-0.4, -0.2) is 9.13 Å². The van der Waals surface area contributed by atoms with Crippen molar-refractivity contribution in [2.45, 2.75) is 39.5 Å². The summed E-state index contributed by atoms with van der Waals surface area (Å²) in [5, 5.41) is 3.85. The molecule has 216 valence electrons. The standard InChI is InChI=1S/C42H38N2/c1-7-16-29(17-8-2)43-38(10-4)31(18-9-3)37-25-35-27(5)28(6)41-33(36(35)26-40(37)43)23-24-34-32-21-14-15-22-39(32)44(42(34)41)30-19-12-11-13-20-30/h7-28H,1,4H2,2-3,5-6H3/b17-8-,18-9-,29-16+. The summed E-state index contributed by atoms with van der Waals surface area (Å²) in [7, 11) is 0. The summed E-state index contributed by atoms with van der Waals surface area (Å²) in [4.78, 5) is 0. The van der Waals surface area contributed by atoms with Gasteiger partial charge in [0, 0.05) is 33.1 Å². The van der Waals surface area contributed by atoms with Gasteiger partial charge < -0.3 is 9.13 Å². The highest BCUT2D eigenvalue weighted by Gasteiger charge is 2.33. The lowest BCUT2D eigenvalue weighted by atomic mass is 9.72. The van der Waals surface area contributed by atoms with Crippen LogP contribution >= 0.6 is 0 Å². The second-order valence-electron chi connectivity index (χ2n) is 11.8. The first-order chi connectivity index (χ1) is 21.5. The molecule has 7 rings (SSSR count). The monoisotopic (exact) mass is 570 g/mol. The van der Waals surface area contributed by atoms with Crippen molar-refractivity contribution in [3.8, 4) is 16.8 Å². The molecule has 0 saturated heterocycles. The molecule has 1 aliphatic carbocycles. The summed E-state index contributed by atoms with van der Waals surface area (Å²) in [6, 6.07) is 29.2. The van der Waals surface area contributed by atoms with E-state index in [2.05, 4.69) is 159 Å². The zero-order valence-corrected chi connectivity index (χ0v) is 26.0. The van der Waals surface area contributed by atoms with E-state index >= 15 is 0 Å². The molecule has 2 nitrogen and oxygen atoms in total. The minimum absolute atomic E-state index is 0.329. The normalized spacial score (nSPS) is 16.8. The number of hydrogen-bond donors (Lipinski definition) is 0. The van der Waals surface area contributed by atoms with E-state index in [9.17, 15) is 0 Å². The van der Waals surface area contributed by atoms with Gasteiger partial charge in [-0.25, -0.2) is 0 Å². The van der Waals surface area contributed by atoms with E-state index in [0.717, 1.165) is 11.4 Å². The van der Waals surface area contributed by atoms with E-state index in [1.165, 1.54) is 66.2 Å². The number of hydrogen-bond acceptors (Lipinski definition) is 0. The third-order valence-corrected chi connectivity index (χ3v) is 9.50. The molecule has 2 unspecified atom stereocenters. The molecule has 0 fully saturated rings. The van der Waals surface area contributed by atoms with Gasteiger partial charge in [-0.05, 0) is 96.5 Å². The van der Waals surface area contributed by atoms with E-state index in [1.54, 1.807) is 0 Å². The molecule has 6 aromatic rings. The Morgan fingerprint density at radius 3 is 2.25 bits per heavy atom. The Morgan fingerprint density at radius 2 is 1.52 bits per heavy atom. The quantitative estimate of drug-likeness (QED) is 0.176. The minimum atomic E-state index is 0.329. The Bertz CT molecular complexity index is 2190. The predicted molar refractivity (Wildman–Crippen MR) is 193 cm³/mol. The topological polar surface area (TPSA) is 9.86 Å². The maximum absolute atomic E-state index is 4.25. The van der Waals surface area contributed by atoms with Crippen molar-refractivity contribution in [1.82, 2.24) is 9.13 Å². The molecule has 2 heteroatoms. The Morgan fingerprint density at radius 1 is 0.750 bits per heavy atom. The first-order valence-electron chi connectivity index (χ1n) is 15.6. The average Bonchev–Trinajstić information content (AvgIpc) is 3.55. The number of fused-ring (bicyclic) bond motifs is 8. The van der Waals surface area contributed by atoms with E-state index in [4.69, 9.17) is 0 Å². The van der Waals surface area contributed by atoms with Crippen molar-refractivity contribution in [3.63, 3.8) is 0 Å². The average molecular weight is 571 g/mol. The fourth-order valence-electron chi connectivity index (χ4n) is 7.46. The van der Waals surface area contributed by atoms with Gasteiger partial charge in [-0.15, -0.1) is 0 Å². The Kier molecular flexibility index (Phi) is 6.86. The molecule has 0 saturated carbocycles. The van der Waals surface area contributed by atoms with Crippen LogP contribution in [0.3, 0.4) is 0 Å². The van der Waals surface area contributed by atoms with Gasteiger partial charge in [-0.1, -0.05) is 99.8 Å². The lowest BCUT2D eigenvalue weighted by Gasteiger charge is -2.33. The predicted octanol–water partition coefficient (Wildman–Crippen LogP) is 11.9. The summed E-state index contributed by atoms with van der Waals surface area (Å²) in [5.74, 6) is 0.665. The van der Waals surface area contributed by atoms with Gasteiger partial charge in [0.25, 0.3) is 0 Å². The number of rotatable bonds is 6. The van der Waals surface area contributed by atoms with Crippen molar-refractivity contribution in [3.05, 3.63) is 145 Å². The van der Waals surface area contributed by atoms with Crippen LogP contribution in [0.15, 0.2) is 122 Å². The molecular weight excluding hydrogens is 532 g/mol. The van der Waals surface area contributed by atoms with E-state index in [-0.39, 0.29) is 0 Å². The van der Waals surface area contributed by atoms with Gasteiger partial charge in [0.05, 0.1) is 22.2 Å². The Labute approximate surface area is 260 Å². The lowest BCUT2D eigenvalue weighted by Crippen LogP contribution is -2.15. The van der Waals surface area contributed by atoms with Gasteiger partial charge in [0.1, 0.15) is 0 Å². The van der Waals surface area contributed by atoms with Gasteiger partial charge >= 0.3 is 0 Å². The van der Waals surface area contributed by atoms with Gasteiger partial charge in [-0.3, -0.25) is 0 Å². The maximum Gasteiger partial charge on any atom is 0.0582 e. The van der Waals surface area contributed by atoms with Gasteiger partial charge in [0.15, 0.2) is 0 Å². The molecule has 2 atom stereocenters. The first-order valence-corrected chi connectivity index (χ1v) is 15.6. The third-order valence-electron chi connectivity index (χ3n) is 9.50. The van der Waals surface area contributed by atoms with Crippen molar-refractivity contribution in [1.29, 1.82) is 0 Å². The molecule has 0 spiro atoms. The van der Waals surface area contributed by atoms with Crippen LogP contribution in [-0.2, 0) is 0 Å². The zero-order valence-electron chi connectivity index (χ0n) is 26.0. The van der Waals surface area contributed by atoms with Crippen LogP contribution < -0.4 is 0 Å². The SMILES string of the molecule is C=C/C=C(\C=C/C)n1c(C=C)c(/C=C\C)c2cc3c(cc21)-c1ccc2c4ccccc4n(-c4ccccc4)c2c1C(C)C3C. The Balaban J connectivity index is 1.63. The summed E-state index contributed by atoms with van der Waals surface area (Å²) >= 11 is 0. The molecule has 2 aromatic heterocycles. The van der Waals surface area contributed by atoms with Crippen molar-refractivity contribution in [2.24, 2.45) is 0 Å². The largest absolute Gasteiger partial charge is 0.309 e. The van der Waals surface area contributed by atoms with E-state index < -0.39 is 0 Å². The van der Waals surface area contributed by atoms with Crippen LogP contribution in [0.1, 0.15) is 61.9 Å². The fourth-order valence-corrected chi connectivity index (χ4v) is 7.46. The molecule has 2 heterocycles. The molecule has 0 N–H and O–H groups in total. The molecule has 0 amide bonds. The number of allylic oxidation sites excluding steroid dienone is 6. The summed E-state index contributed by atoms with van der Waals surface area (Å²) in [6.07, 6.45) is 14.5. The van der Waals surface area contributed by atoms with Crippen molar-refractivity contribution in [2.75, 3.05) is 0 Å². The van der Waals surface area contributed by atoms with Crippen LogP contribution in [0.2, 0.25) is 0 Å². The highest BCUT2D eigenvalue weighted by Crippen LogP contribution is 2.52. The smallest absolute Gasteiger partial charge is 0.0582 e. The second-order valence-corrected chi connectivity index (χ2v) is 11.8. The summed E-state index contributed by atoms with van der Waals surface area (Å²) < 4.78 is 4.82. The molecule has 0 radical (unpaired) electrons. The van der Waals surface area contributed by atoms with Crippen LogP contribution in [0, 0.1) is 0 Å². The number of benzene rings is 4. The molecule has 4 aromatic carbocycles. The zero-order chi connectivity index (χ0) is 30.5. The number of para-hydroxylation sites is 2. The minimum Gasteiger partial charge on any atom is -0.309 e. The summed E-state index contributed by atoms with van der Waals surface area (Å²) in [5.41, 5.74) is 13.7. The molecule has 1 aliphatic rings. The van der Waals surface area contributed by atoms with E-state index in [0.29, 0.717) is 11.8 Å². The molecule has 0 aliphatic heterocycles. The highest BCUT2D eigenvalue weighted by atomic mass is 15.0. The Hall–Kier alpha value is -5.08. The highest BCUT2D eigenvalue weighted by molar-refractivity contribution is 6.12. The van der Waals surface area contributed by atoms with Crippen LogP contribution in [0.5, 0.6) is 0 Å². The first kappa shape index (κ1) is 27.7. The molecule has 44 heavy (non-hydrogen) atoms. The second kappa shape index (κ2) is 10.9. The van der Waals surface area contributed by atoms with E-state index in [1.807, 2.05) is 12.2 Å². The van der Waals surface area contributed by atoms with Gasteiger partial charge in [-0.2, -0.15) is 0 Å². The fraction of sp³-hybridized carbons (Fsp3) is 0.143. The third kappa shape index (κ3) is 3.94. The number of aromatic nitrogens is 2. The molecule has 0 bridgehead atoms.